The summed E-state index contributed by atoms with van der Waals surface area (Å²) in [6, 6.07) is 6.88. The van der Waals surface area contributed by atoms with Gasteiger partial charge in [-0.05, 0) is 64.5 Å². The summed E-state index contributed by atoms with van der Waals surface area (Å²) in [6.07, 6.45) is 6.50. The van der Waals surface area contributed by atoms with Crippen molar-refractivity contribution in [3.05, 3.63) is 52.6 Å². The summed E-state index contributed by atoms with van der Waals surface area (Å²) in [5.41, 5.74) is -0.666. The highest BCUT2D eigenvalue weighted by Gasteiger charge is 2.54. The average molecular weight is 456 g/mol. The monoisotopic (exact) mass is 455 g/mol. The first-order valence-corrected chi connectivity index (χ1v) is 12.1. The molecule has 0 spiro atoms. The largest absolute Gasteiger partial charge is 0.444 e. The molecule has 1 saturated carbocycles. The molecule has 1 aromatic heterocycles. The third kappa shape index (κ3) is 5.31. The fourth-order valence-electron chi connectivity index (χ4n) is 4.37. The summed E-state index contributed by atoms with van der Waals surface area (Å²) in [6.45, 7) is 17.8. The highest BCUT2D eigenvalue weighted by molar-refractivity contribution is 5.77. The number of fused-ring (bicyclic) bond motifs is 1. The third-order valence-corrected chi connectivity index (χ3v) is 6.25. The molecule has 0 radical (unpaired) electrons. The molecular formula is C27H41N3O3. The van der Waals surface area contributed by atoms with Gasteiger partial charge in [0.25, 0.3) is 5.56 Å². The lowest BCUT2D eigenvalue weighted by Gasteiger charge is -2.56. The number of alkyl carbamates (subject to hydrolysis) is 1. The molecule has 6 heteroatoms. The maximum Gasteiger partial charge on any atom is 0.408 e. The predicted octanol–water partition coefficient (Wildman–Crippen LogP) is 6.49. The van der Waals surface area contributed by atoms with Crippen molar-refractivity contribution in [2.24, 2.45) is 5.41 Å². The van der Waals surface area contributed by atoms with Crippen LogP contribution in [0.1, 0.15) is 93.4 Å². The zero-order valence-corrected chi connectivity index (χ0v) is 21.8. The first-order chi connectivity index (χ1) is 15.4. The van der Waals surface area contributed by atoms with Gasteiger partial charge in [0.1, 0.15) is 11.4 Å². The van der Waals surface area contributed by atoms with Gasteiger partial charge in [0.15, 0.2) is 0 Å². The lowest BCUT2D eigenvalue weighted by Crippen LogP contribution is -2.59. The molecule has 1 aromatic carbocycles. The van der Waals surface area contributed by atoms with Crippen molar-refractivity contribution < 1.29 is 9.53 Å². The van der Waals surface area contributed by atoms with E-state index in [4.69, 9.17) is 9.72 Å². The molecule has 1 N–H and O–H groups in total. The Labute approximate surface area is 198 Å². The van der Waals surface area contributed by atoms with E-state index in [1.165, 1.54) is 0 Å². The Bertz CT molecular complexity index is 1060. The SMILES string of the molecule is CC.CC/C=C\C1(n2c([C@H](C)NC(=O)OC(C)(C)C)nc3ccccc3c2=O)CCC1(C)C. The average Bonchev–Trinajstić information content (AvgIpc) is 2.74. The second-order valence-electron chi connectivity index (χ2n) is 10.1. The molecule has 1 unspecified atom stereocenters. The highest BCUT2D eigenvalue weighted by Crippen LogP contribution is 2.55. The Balaban J connectivity index is 0.00000187. The van der Waals surface area contributed by atoms with Crippen molar-refractivity contribution in [1.82, 2.24) is 14.9 Å². The van der Waals surface area contributed by atoms with E-state index in [1.807, 2.05) is 70.4 Å². The minimum atomic E-state index is -0.610. The van der Waals surface area contributed by atoms with Gasteiger partial charge in [-0.25, -0.2) is 9.78 Å². The van der Waals surface area contributed by atoms with E-state index in [2.05, 4.69) is 38.2 Å². The van der Waals surface area contributed by atoms with E-state index in [9.17, 15) is 9.59 Å². The van der Waals surface area contributed by atoms with Gasteiger partial charge >= 0.3 is 6.09 Å². The van der Waals surface area contributed by atoms with Crippen molar-refractivity contribution in [1.29, 1.82) is 0 Å². The van der Waals surface area contributed by atoms with Crippen LogP contribution >= 0.6 is 0 Å². The van der Waals surface area contributed by atoms with Crippen LogP contribution in [-0.4, -0.2) is 21.2 Å². The van der Waals surface area contributed by atoms with Crippen LogP contribution in [0.5, 0.6) is 0 Å². The Kier molecular flexibility index (Phi) is 8.15. The predicted molar refractivity (Wildman–Crippen MR) is 136 cm³/mol. The molecule has 6 nitrogen and oxygen atoms in total. The van der Waals surface area contributed by atoms with Crippen LogP contribution in [0.15, 0.2) is 41.2 Å². The number of allylic oxidation sites excluding steroid dienone is 2. The van der Waals surface area contributed by atoms with Crippen molar-refractivity contribution in [2.45, 2.75) is 98.8 Å². The van der Waals surface area contributed by atoms with Crippen LogP contribution in [-0.2, 0) is 10.3 Å². The minimum absolute atomic E-state index is 0.0769. The number of hydrogen-bond acceptors (Lipinski definition) is 4. The molecule has 1 aliphatic rings. The van der Waals surface area contributed by atoms with Crippen LogP contribution < -0.4 is 10.9 Å². The fourth-order valence-corrected chi connectivity index (χ4v) is 4.37. The number of carbonyl (C=O) groups is 1. The maximum absolute atomic E-state index is 13.8. The fraction of sp³-hybridized carbons (Fsp3) is 0.593. The van der Waals surface area contributed by atoms with E-state index in [0.717, 1.165) is 19.3 Å². The Morgan fingerprint density at radius 3 is 2.39 bits per heavy atom. The topological polar surface area (TPSA) is 73.2 Å². The molecule has 2 aromatic rings. The van der Waals surface area contributed by atoms with Crippen molar-refractivity contribution in [2.75, 3.05) is 0 Å². The van der Waals surface area contributed by atoms with Crippen molar-refractivity contribution >= 4 is 17.0 Å². The summed E-state index contributed by atoms with van der Waals surface area (Å²) < 4.78 is 7.27. The molecule has 0 bridgehead atoms. The Morgan fingerprint density at radius 1 is 1.24 bits per heavy atom. The quantitative estimate of drug-likeness (QED) is 0.523. The van der Waals surface area contributed by atoms with Gasteiger partial charge < -0.3 is 10.1 Å². The van der Waals surface area contributed by atoms with Crippen molar-refractivity contribution in [3.8, 4) is 0 Å². The molecule has 1 heterocycles. The molecule has 1 fully saturated rings. The van der Waals surface area contributed by atoms with Crippen LogP contribution in [0.4, 0.5) is 4.79 Å². The van der Waals surface area contributed by atoms with E-state index < -0.39 is 23.3 Å². The lowest BCUT2D eigenvalue weighted by atomic mass is 9.56. The van der Waals surface area contributed by atoms with Crippen molar-refractivity contribution in [3.63, 3.8) is 0 Å². The molecule has 33 heavy (non-hydrogen) atoms. The van der Waals surface area contributed by atoms with Gasteiger partial charge in [-0.1, -0.05) is 58.9 Å². The number of aromatic nitrogens is 2. The Hall–Kier alpha value is -2.63. The first kappa shape index (κ1) is 26.6. The summed E-state index contributed by atoms with van der Waals surface area (Å²) >= 11 is 0. The second kappa shape index (κ2) is 10.1. The maximum atomic E-state index is 13.8. The molecular weight excluding hydrogens is 414 g/mol. The van der Waals surface area contributed by atoms with Gasteiger partial charge in [-0.15, -0.1) is 0 Å². The molecule has 3 rings (SSSR count). The van der Waals surface area contributed by atoms with Crippen LogP contribution in [0.25, 0.3) is 10.9 Å². The number of para-hydroxylation sites is 1. The summed E-state index contributed by atoms with van der Waals surface area (Å²) in [4.78, 5) is 31.1. The zero-order chi connectivity index (χ0) is 25.0. The molecule has 182 valence electrons. The third-order valence-electron chi connectivity index (χ3n) is 6.25. The number of ether oxygens (including phenoxy) is 1. The zero-order valence-electron chi connectivity index (χ0n) is 21.8. The molecule has 0 aliphatic heterocycles. The van der Waals surface area contributed by atoms with E-state index in [1.54, 1.807) is 0 Å². The molecule has 0 saturated heterocycles. The smallest absolute Gasteiger partial charge is 0.408 e. The number of rotatable bonds is 5. The number of nitrogens with one attached hydrogen (secondary N) is 1. The number of amides is 1. The van der Waals surface area contributed by atoms with Crippen LogP contribution in [0.2, 0.25) is 0 Å². The highest BCUT2D eigenvalue weighted by atomic mass is 16.6. The van der Waals surface area contributed by atoms with E-state index in [-0.39, 0.29) is 11.0 Å². The van der Waals surface area contributed by atoms with Gasteiger partial charge in [0.05, 0.1) is 22.5 Å². The molecule has 2 atom stereocenters. The standard InChI is InChI=1S/C25H35N3O3.C2H6/c1-8-9-14-25(16-15-24(25,6)7)28-20(17(2)26-22(30)31-23(3,4)5)27-19-13-11-10-12-18(19)21(28)29;1-2/h9-14,17H,8,15-16H2,1-7H3,(H,26,30);1-2H3/b14-9-;/t17-,25?;/m0./s1. The van der Waals surface area contributed by atoms with Gasteiger partial charge in [-0.2, -0.15) is 0 Å². The number of hydrogen-bond donors (Lipinski definition) is 1. The minimum Gasteiger partial charge on any atom is -0.444 e. The van der Waals surface area contributed by atoms with Gasteiger partial charge in [0, 0.05) is 0 Å². The number of nitrogens with zero attached hydrogens (tertiary/aromatic N) is 2. The summed E-state index contributed by atoms with van der Waals surface area (Å²) in [5.74, 6) is 0.545. The van der Waals surface area contributed by atoms with E-state index >= 15 is 0 Å². The Morgan fingerprint density at radius 2 is 1.88 bits per heavy atom. The van der Waals surface area contributed by atoms with Gasteiger partial charge in [0.2, 0.25) is 0 Å². The second-order valence-corrected chi connectivity index (χ2v) is 10.1. The molecule has 1 aliphatic carbocycles. The number of benzene rings is 1. The first-order valence-electron chi connectivity index (χ1n) is 12.1. The summed E-state index contributed by atoms with van der Waals surface area (Å²) in [5, 5.41) is 3.47. The van der Waals surface area contributed by atoms with Crippen LogP contribution in [0, 0.1) is 5.41 Å². The van der Waals surface area contributed by atoms with Crippen LogP contribution in [0.3, 0.4) is 0 Å². The van der Waals surface area contributed by atoms with Gasteiger partial charge in [-0.3, -0.25) is 9.36 Å². The summed E-state index contributed by atoms with van der Waals surface area (Å²) in [7, 11) is 0. The molecule has 1 amide bonds. The lowest BCUT2D eigenvalue weighted by molar-refractivity contribution is -0.000883. The normalized spacial score (nSPS) is 20.5. The number of carbonyl (C=O) groups excluding carboxylic acids is 1. The van der Waals surface area contributed by atoms with E-state index in [0.29, 0.717) is 16.7 Å².